The maximum Gasteiger partial charge on any atom is 0.248 e. The Morgan fingerprint density at radius 2 is 2.12 bits per heavy atom. The van der Waals surface area contributed by atoms with Crippen LogP contribution in [0.4, 0.5) is 5.95 Å². The normalized spacial score (nSPS) is 16.4. The summed E-state index contributed by atoms with van der Waals surface area (Å²) < 4.78 is 12.9. The molecule has 0 fully saturated rings. The highest BCUT2D eigenvalue weighted by Gasteiger charge is 2.33. The van der Waals surface area contributed by atoms with Gasteiger partial charge in [-0.1, -0.05) is 5.10 Å². The number of nitrogens with zero attached hydrogens (tertiary/aromatic N) is 4. The van der Waals surface area contributed by atoms with Gasteiger partial charge in [-0.25, -0.2) is 0 Å². The van der Waals surface area contributed by atoms with Gasteiger partial charge in [0, 0.05) is 5.70 Å². The molecule has 1 atom stereocenters. The Morgan fingerprint density at radius 1 is 1.38 bits per heavy atom. The van der Waals surface area contributed by atoms with Crippen LogP contribution in [0.25, 0.3) is 0 Å². The molecule has 0 saturated heterocycles. The Morgan fingerprint density at radius 3 is 2.75 bits per heavy atom. The van der Waals surface area contributed by atoms with Crippen LogP contribution >= 0.6 is 15.9 Å². The molecule has 1 aliphatic heterocycles. The zero-order valence-electron chi connectivity index (χ0n) is 13.2. The molecule has 2 heterocycles. The van der Waals surface area contributed by atoms with E-state index in [4.69, 9.17) is 15.2 Å². The zero-order valence-corrected chi connectivity index (χ0v) is 14.8. The number of nitrogens with one attached hydrogen (secondary N) is 1. The molecule has 0 spiro atoms. The number of primary amides is 1. The lowest BCUT2D eigenvalue weighted by Crippen LogP contribution is -2.31. The van der Waals surface area contributed by atoms with Crippen molar-refractivity contribution in [2.24, 2.45) is 5.73 Å². The molecule has 10 heteroatoms. The number of anilines is 1. The number of allylic oxidation sites excluding steroid dienone is 1. The lowest BCUT2D eigenvalue weighted by molar-refractivity contribution is -0.115. The molecule has 9 nitrogen and oxygen atoms in total. The second-order valence-electron chi connectivity index (χ2n) is 5.12. The third kappa shape index (κ3) is 2.48. The minimum atomic E-state index is -0.579. The SMILES string of the molecule is COc1cc([C@H]2C(C(N)=O)=C(C)Nc3nnnn32)cc(Br)c1OC. The fourth-order valence-corrected chi connectivity index (χ4v) is 3.36. The summed E-state index contributed by atoms with van der Waals surface area (Å²) in [5, 5.41) is 14.5. The first-order chi connectivity index (χ1) is 11.5. The van der Waals surface area contributed by atoms with Crippen molar-refractivity contribution < 1.29 is 14.3 Å². The van der Waals surface area contributed by atoms with Crippen LogP contribution in [0.1, 0.15) is 18.5 Å². The van der Waals surface area contributed by atoms with Crippen molar-refractivity contribution in [2.45, 2.75) is 13.0 Å². The summed E-state index contributed by atoms with van der Waals surface area (Å²) in [4.78, 5) is 12.0. The highest BCUT2D eigenvalue weighted by Crippen LogP contribution is 2.41. The zero-order chi connectivity index (χ0) is 17.4. The Bertz CT molecular complexity index is 847. The van der Waals surface area contributed by atoms with Gasteiger partial charge in [-0.05, 0) is 51.0 Å². The van der Waals surface area contributed by atoms with Crippen LogP contribution in [-0.2, 0) is 4.79 Å². The number of carbonyl (C=O) groups excluding carboxylic acids is 1. The van der Waals surface area contributed by atoms with Crippen molar-refractivity contribution in [3.8, 4) is 11.5 Å². The van der Waals surface area contributed by atoms with Gasteiger partial charge < -0.3 is 20.5 Å². The van der Waals surface area contributed by atoms with Crippen molar-refractivity contribution in [2.75, 3.05) is 19.5 Å². The fraction of sp³-hybridized carbons (Fsp3) is 0.286. The second-order valence-corrected chi connectivity index (χ2v) is 5.97. The van der Waals surface area contributed by atoms with Crippen molar-refractivity contribution in [1.82, 2.24) is 20.2 Å². The Labute approximate surface area is 145 Å². The van der Waals surface area contributed by atoms with Gasteiger partial charge in [0.25, 0.3) is 0 Å². The van der Waals surface area contributed by atoms with E-state index in [1.807, 2.05) is 6.07 Å². The highest BCUT2D eigenvalue weighted by atomic mass is 79.9. The van der Waals surface area contributed by atoms with Gasteiger partial charge in [0.1, 0.15) is 6.04 Å². The molecule has 24 heavy (non-hydrogen) atoms. The average Bonchev–Trinajstić information content (AvgIpc) is 3.00. The average molecular weight is 395 g/mol. The van der Waals surface area contributed by atoms with E-state index in [9.17, 15) is 4.79 Å². The highest BCUT2D eigenvalue weighted by molar-refractivity contribution is 9.10. The third-order valence-corrected chi connectivity index (χ3v) is 4.34. The predicted octanol–water partition coefficient (Wildman–Crippen LogP) is 1.23. The summed E-state index contributed by atoms with van der Waals surface area (Å²) in [6.07, 6.45) is 0. The Balaban J connectivity index is 2.24. The summed E-state index contributed by atoms with van der Waals surface area (Å²) >= 11 is 3.45. The van der Waals surface area contributed by atoms with Crippen LogP contribution in [0.15, 0.2) is 27.9 Å². The van der Waals surface area contributed by atoms with Gasteiger partial charge in [-0.2, -0.15) is 4.68 Å². The number of halogens is 1. The summed E-state index contributed by atoms with van der Waals surface area (Å²) in [7, 11) is 3.08. The van der Waals surface area contributed by atoms with E-state index in [0.29, 0.717) is 33.2 Å². The molecule has 1 aromatic heterocycles. The minimum Gasteiger partial charge on any atom is -0.493 e. The van der Waals surface area contributed by atoms with Crippen LogP contribution < -0.4 is 20.5 Å². The van der Waals surface area contributed by atoms with Gasteiger partial charge in [0.05, 0.1) is 24.3 Å². The number of fused-ring (bicyclic) bond motifs is 1. The molecular formula is C14H15BrN6O3. The Hall–Kier alpha value is -2.62. The molecule has 3 N–H and O–H groups in total. The van der Waals surface area contributed by atoms with Gasteiger partial charge in [0.15, 0.2) is 11.5 Å². The van der Waals surface area contributed by atoms with E-state index in [1.54, 1.807) is 20.1 Å². The van der Waals surface area contributed by atoms with E-state index >= 15 is 0 Å². The lowest BCUT2D eigenvalue weighted by atomic mass is 9.95. The smallest absolute Gasteiger partial charge is 0.248 e. The summed E-state index contributed by atoms with van der Waals surface area (Å²) in [6, 6.07) is 3.00. The van der Waals surface area contributed by atoms with Gasteiger partial charge in [0.2, 0.25) is 11.9 Å². The number of hydrogen-bond donors (Lipinski definition) is 2. The van der Waals surface area contributed by atoms with E-state index in [2.05, 4.69) is 36.8 Å². The first kappa shape index (κ1) is 16.2. The predicted molar refractivity (Wildman–Crippen MR) is 88.7 cm³/mol. The van der Waals surface area contributed by atoms with Gasteiger partial charge >= 0.3 is 0 Å². The van der Waals surface area contributed by atoms with Crippen molar-refractivity contribution in [3.63, 3.8) is 0 Å². The molecule has 0 saturated carbocycles. The molecule has 3 rings (SSSR count). The molecule has 0 aliphatic carbocycles. The molecule has 0 unspecified atom stereocenters. The minimum absolute atomic E-state index is 0.369. The first-order valence-corrected chi connectivity index (χ1v) is 7.74. The number of rotatable bonds is 4. The third-order valence-electron chi connectivity index (χ3n) is 3.75. The van der Waals surface area contributed by atoms with Crippen LogP contribution in [0.3, 0.4) is 0 Å². The number of carbonyl (C=O) groups is 1. The molecule has 1 aliphatic rings. The number of benzene rings is 1. The first-order valence-electron chi connectivity index (χ1n) is 6.94. The van der Waals surface area contributed by atoms with E-state index < -0.39 is 11.9 Å². The van der Waals surface area contributed by atoms with E-state index in [-0.39, 0.29) is 0 Å². The van der Waals surface area contributed by atoms with E-state index in [1.165, 1.54) is 11.8 Å². The maximum atomic E-state index is 12.0. The molecule has 0 bridgehead atoms. The monoisotopic (exact) mass is 394 g/mol. The topological polar surface area (TPSA) is 117 Å². The number of nitrogens with two attached hydrogens (primary N) is 1. The number of ether oxygens (including phenoxy) is 2. The number of aromatic nitrogens is 4. The molecular weight excluding hydrogens is 380 g/mol. The van der Waals surface area contributed by atoms with Gasteiger partial charge in [-0.3, -0.25) is 4.79 Å². The maximum absolute atomic E-state index is 12.0. The fourth-order valence-electron chi connectivity index (χ4n) is 2.74. The number of amides is 1. The van der Waals surface area contributed by atoms with Gasteiger partial charge in [-0.15, -0.1) is 0 Å². The number of methoxy groups -OCH3 is 2. The quantitative estimate of drug-likeness (QED) is 0.800. The largest absolute Gasteiger partial charge is 0.493 e. The van der Waals surface area contributed by atoms with Crippen LogP contribution in [0, 0.1) is 0 Å². The number of tetrazole rings is 1. The molecule has 1 aromatic carbocycles. The van der Waals surface area contributed by atoms with Crippen LogP contribution in [0.5, 0.6) is 11.5 Å². The lowest BCUT2D eigenvalue weighted by Gasteiger charge is -2.27. The number of hydrogen-bond acceptors (Lipinski definition) is 7. The molecule has 126 valence electrons. The summed E-state index contributed by atoms with van der Waals surface area (Å²) in [5.41, 5.74) is 7.28. The van der Waals surface area contributed by atoms with Crippen molar-refractivity contribution in [3.05, 3.63) is 33.4 Å². The van der Waals surface area contributed by atoms with E-state index in [0.717, 1.165) is 5.56 Å². The van der Waals surface area contributed by atoms with Crippen molar-refractivity contribution in [1.29, 1.82) is 0 Å². The molecule has 0 radical (unpaired) electrons. The van der Waals surface area contributed by atoms with Crippen LogP contribution in [-0.4, -0.2) is 40.3 Å². The Kier molecular flexibility index (Phi) is 4.14. The molecule has 2 aromatic rings. The molecule has 1 amide bonds. The summed E-state index contributed by atoms with van der Waals surface area (Å²) in [6.45, 7) is 1.75. The standard InChI is InChI=1S/C14H15BrN6O3/c1-6-10(13(16)22)11(21-14(17-6)18-19-20-21)7-4-8(15)12(24-3)9(5-7)23-2/h4-5,11H,1-3H3,(H2,16,22)(H,17,18,20)/t11-/m0/s1. The second kappa shape index (κ2) is 6.11. The summed E-state index contributed by atoms with van der Waals surface area (Å²) in [5.74, 6) is 0.926. The van der Waals surface area contributed by atoms with Crippen molar-refractivity contribution >= 4 is 27.8 Å². The van der Waals surface area contributed by atoms with Crippen LogP contribution in [0.2, 0.25) is 0 Å².